The fraction of sp³-hybridized carbons (Fsp3) is 0.405. The van der Waals surface area contributed by atoms with Crippen LogP contribution in [0.2, 0.25) is 10.6 Å². The number of hydrogen-bond donors (Lipinski definition) is 10. The average Bonchev–Trinajstić information content (AvgIpc) is 4.04. The van der Waals surface area contributed by atoms with E-state index in [1.165, 1.54) is 19.3 Å². The van der Waals surface area contributed by atoms with E-state index in [9.17, 15) is 78.4 Å². The van der Waals surface area contributed by atoms with Crippen LogP contribution in [0, 0.1) is 0 Å². The van der Waals surface area contributed by atoms with Gasteiger partial charge in [0.1, 0.15) is 58.1 Å². The van der Waals surface area contributed by atoms with Gasteiger partial charge in [0.15, 0.2) is 29.7 Å². The summed E-state index contributed by atoms with van der Waals surface area (Å²) in [6.07, 6.45) is -8.89. The SMILES string of the molecule is C[C@@H](Nc1nc(Cl)nc2c1cnn2[C@@H]1O[C@H](CO)C(O)[C@@H]1O)c1ccc(S(F)(F)(F)(F)F)cc1.C[C@@H](Nc1nc(Cl)nc2c1cnn2[C@@H]1O[C@H](COP(=O)(O)CP(=O)(O)O)C(O)[C@@H]1O)c1ccc(S(F)(F)(F)(F)F)cc1. The second kappa shape index (κ2) is 19.2. The lowest BCUT2D eigenvalue weighted by molar-refractivity contribution is -0.0566. The van der Waals surface area contributed by atoms with Crippen molar-refractivity contribution >= 4 is 92.5 Å². The third-order valence-electron chi connectivity index (χ3n) is 11.4. The Bertz CT molecular complexity index is 3260. The highest BCUT2D eigenvalue weighted by Gasteiger charge is 2.66. The molecule has 10 N–H and O–H groups in total. The maximum absolute atomic E-state index is 13.0. The summed E-state index contributed by atoms with van der Waals surface area (Å²) in [5, 5.41) is 64.3. The summed E-state index contributed by atoms with van der Waals surface area (Å²) in [6.45, 7) is 1.67. The average molecular weight is 1220 g/mol. The van der Waals surface area contributed by atoms with Gasteiger partial charge in [0, 0.05) is 12.1 Å². The fourth-order valence-corrected chi connectivity index (χ4v) is 11.8. The van der Waals surface area contributed by atoms with Crippen LogP contribution in [0.25, 0.3) is 22.1 Å². The van der Waals surface area contributed by atoms with E-state index in [0.29, 0.717) is 12.1 Å². The van der Waals surface area contributed by atoms with E-state index < -0.39 is 126 Å². The zero-order chi connectivity index (χ0) is 56.6. The van der Waals surface area contributed by atoms with Gasteiger partial charge in [0.25, 0.3) is 0 Å². The maximum atomic E-state index is 13.0. The van der Waals surface area contributed by atoms with E-state index >= 15 is 0 Å². The summed E-state index contributed by atoms with van der Waals surface area (Å²) < 4.78 is 171. The third kappa shape index (κ3) is 13.6. The number of ether oxygens (including phenoxy) is 2. The van der Waals surface area contributed by atoms with Crippen LogP contribution in [0.3, 0.4) is 0 Å². The van der Waals surface area contributed by atoms with Crippen molar-refractivity contribution in [1.82, 2.24) is 39.5 Å². The van der Waals surface area contributed by atoms with E-state index in [1.807, 2.05) is 0 Å². The molecule has 6 aromatic rings. The van der Waals surface area contributed by atoms with Gasteiger partial charge in [0.2, 0.25) is 10.6 Å². The van der Waals surface area contributed by atoms with Gasteiger partial charge in [-0.15, -0.1) is 0 Å². The van der Waals surface area contributed by atoms with Crippen molar-refractivity contribution in [2.75, 3.05) is 29.8 Å². The van der Waals surface area contributed by atoms with Crippen LogP contribution >= 0.6 is 58.8 Å². The molecule has 2 saturated heterocycles. The molecule has 8 rings (SSSR count). The van der Waals surface area contributed by atoms with Crippen molar-refractivity contribution in [3.63, 3.8) is 0 Å². The van der Waals surface area contributed by atoms with Crippen LogP contribution in [0.5, 0.6) is 0 Å². The summed E-state index contributed by atoms with van der Waals surface area (Å²) in [4.78, 5) is 39.6. The minimum atomic E-state index is -9.86. The molecule has 0 bridgehead atoms. The Hall–Kier alpha value is -4.26. The smallest absolute Gasteiger partial charge is 0.340 e. The molecule has 2 aliphatic heterocycles. The zero-order valence-corrected chi connectivity index (χ0v) is 43.0. The number of halogens is 12. The van der Waals surface area contributed by atoms with Gasteiger partial charge in [-0.25, -0.2) is 9.36 Å². The molecule has 4 aromatic heterocycles. The summed E-state index contributed by atoms with van der Waals surface area (Å²) >= 11 is 12.0. The predicted octanol–water partition coefficient (Wildman–Crippen LogP) is 8.19. The molecule has 3 unspecified atom stereocenters. The second-order valence-electron chi connectivity index (χ2n) is 17.2. The molecule has 0 amide bonds. The minimum absolute atomic E-state index is 0.00659. The summed E-state index contributed by atoms with van der Waals surface area (Å²) in [6, 6.07) is 3.25. The number of nitrogens with one attached hydrogen (secondary N) is 2. The van der Waals surface area contributed by atoms with Gasteiger partial charge in [-0.1, -0.05) is 63.1 Å². The van der Waals surface area contributed by atoms with Crippen LogP contribution in [-0.2, 0) is 23.1 Å². The first kappa shape index (κ1) is 59.4. The highest BCUT2D eigenvalue weighted by Crippen LogP contribution is 3.02. The van der Waals surface area contributed by atoms with E-state index in [1.54, 1.807) is 6.92 Å². The van der Waals surface area contributed by atoms with Crippen molar-refractivity contribution in [2.24, 2.45) is 0 Å². The minimum Gasteiger partial charge on any atom is -0.394 e. The molecule has 0 radical (unpaired) electrons. The largest absolute Gasteiger partial charge is 0.394 e. The number of rotatable bonds is 16. The number of aliphatic hydroxyl groups is 5. The van der Waals surface area contributed by atoms with Gasteiger partial charge in [-0.05, 0) is 72.4 Å². The number of nitrogens with zero attached hydrogens (tertiary/aromatic N) is 8. The molecular formula is C37H42Cl2F10N10O13P2S2. The van der Waals surface area contributed by atoms with E-state index in [-0.39, 0.29) is 67.5 Å². The van der Waals surface area contributed by atoms with Crippen molar-refractivity contribution < 1.29 is 102 Å². The van der Waals surface area contributed by atoms with Gasteiger partial charge in [0.05, 0.1) is 36.4 Å². The molecule has 76 heavy (non-hydrogen) atoms. The summed E-state index contributed by atoms with van der Waals surface area (Å²) in [5.74, 6) is -1.35. The van der Waals surface area contributed by atoms with Gasteiger partial charge in [-0.3, -0.25) is 9.13 Å². The quantitative estimate of drug-likeness (QED) is 0.0248. The van der Waals surface area contributed by atoms with Crippen LogP contribution in [0.15, 0.2) is 70.7 Å². The monoisotopic (exact) mass is 1220 g/mol. The third-order valence-corrected chi connectivity index (χ3v) is 17.5. The standard InChI is InChI=1S/C19H23ClF5N5O9P2S.C18H19ClF5N5O4S/c1-9(10-2-4-11(5-3-10)42(21,22,23,24)25)27-16-12-6-26-30(17(12)29-19(20)28-16)18-15(32)14(31)13(39-18)7-38-41(36,37)8-40(33,34)35;1-8(9-2-4-10(5-3-9)34(20,21,22,23)24)26-15-11-6-25-29(16(11)28-18(19)27-15)17-14(32)13(31)12(7-30)33-17/h2-6,9,13-15,18,31-32H,7-8H2,1H3,(H,36,37)(H,27,28,29)(H2,33,34,35);2-6,8,12-14,17,30-32H,7H2,1H3,(H,26,27,28)/t9-,13-,14?,15+,18-;8-,12-,13?,14+,17-/m11/s1. The van der Waals surface area contributed by atoms with Crippen LogP contribution in [0.1, 0.15) is 49.5 Å². The zero-order valence-electron chi connectivity index (χ0n) is 38.1. The molecule has 424 valence electrons. The highest BCUT2D eigenvalue weighted by molar-refractivity contribution is 8.46. The highest BCUT2D eigenvalue weighted by atomic mass is 35.5. The Morgan fingerprint density at radius 1 is 0.632 bits per heavy atom. The number of fused-ring (bicyclic) bond motifs is 2. The number of benzene rings is 2. The Kier molecular flexibility index (Phi) is 15.0. The number of hydrogen-bond acceptors (Lipinski definition) is 18. The molecule has 23 nitrogen and oxygen atoms in total. The van der Waals surface area contributed by atoms with Gasteiger partial charge >= 0.3 is 35.6 Å². The topological polar surface area (TPSA) is 335 Å². The van der Waals surface area contributed by atoms with Crippen molar-refractivity contribution in [3.05, 3.63) is 82.6 Å². The van der Waals surface area contributed by atoms with E-state index in [0.717, 1.165) is 33.6 Å². The molecule has 2 aromatic carbocycles. The lowest BCUT2D eigenvalue weighted by atomic mass is 10.1. The Labute approximate surface area is 429 Å². The lowest BCUT2D eigenvalue weighted by Gasteiger charge is -2.40. The van der Waals surface area contributed by atoms with Crippen molar-refractivity contribution in [1.29, 1.82) is 0 Å². The Balaban J connectivity index is 0.000000226. The first-order chi connectivity index (χ1) is 34.5. The van der Waals surface area contributed by atoms with E-state index in [4.69, 9.17) is 42.5 Å². The molecule has 0 saturated carbocycles. The molecule has 0 spiro atoms. The Morgan fingerprint density at radius 3 is 1.34 bits per heavy atom. The van der Waals surface area contributed by atoms with Crippen LogP contribution in [0.4, 0.5) is 50.5 Å². The molecule has 2 fully saturated rings. The number of anilines is 2. The van der Waals surface area contributed by atoms with Crippen LogP contribution < -0.4 is 10.6 Å². The first-order valence-corrected chi connectivity index (χ1v) is 29.4. The molecule has 2 aliphatic rings. The predicted molar refractivity (Wildman–Crippen MR) is 252 cm³/mol. The van der Waals surface area contributed by atoms with Crippen molar-refractivity contribution in [2.45, 2.75) is 84.8 Å². The fourth-order valence-electron chi connectivity index (χ4n) is 7.61. The maximum Gasteiger partial charge on any atom is 0.340 e. The second-order valence-corrected chi connectivity index (χ2v) is 26.6. The van der Waals surface area contributed by atoms with E-state index in [2.05, 4.69) is 45.3 Å². The molecule has 11 atom stereocenters. The summed E-state index contributed by atoms with van der Waals surface area (Å²) in [7, 11) is -29.4. The lowest BCUT2D eigenvalue weighted by Crippen LogP contribution is -2.33. The normalized spacial score (nSPS) is 25.9. The summed E-state index contributed by atoms with van der Waals surface area (Å²) in [5.41, 5.74) is 0.467. The first-order valence-electron chi connectivity index (χ1n) is 21.2. The Morgan fingerprint density at radius 2 is 1.00 bits per heavy atom. The van der Waals surface area contributed by atoms with Crippen LogP contribution in [-0.4, -0.2) is 135 Å². The van der Waals surface area contributed by atoms with Crippen molar-refractivity contribution in [3.8, 4) is 0 Å². The molecule has 0 aliphatic carbocycles. The molecule has 39 heteroatoms. The van der Waals surface area contributed by atoms with Gasteiger partial charge in [-0.2, -0.15) is 30.1 Å². The molecule has 6 heterocycles. The number of aromatic nitrogens is 8. The van der Waals surface area contributed by atoms with Gasteiger partial charge < -0.3 is 64.8 Å². The molecular weight excluding hydrogens is 1180 g/mol. The number of aliphatic hydroxyl groups excluding tert-OH is 5.